The van der Waals surface area contributed by atoms with Crippen molar-refractivity contribution in [3.8, 4) is 0 Å². The van der Waals surface area contributed by atoms with E-state index in [0.717, 1.165) is 12.8 Å². The monoisotopic (exact) mass is 252 g/mol. The van der Waals surface area contributed by atoms with Crippen molar-refractivity contribution in [3.63, 3.8) is 0 Å². The van der Waals surface area contributed by atoms with Gasteiger partial charge in [-0.05, 0) is 42.2 Å². The van der Waals surface area contributed by atoms with Crippen LogP contribution in [0.5, 0.6) is 0 Å². The minimum Gasteiger partial charge on any atom is -0.389 e. The number of benzene rings is 1. The van der Waals surface area contributed by atoms with E-state index in [0.29, 0.717) is 5.25 Å². The van der Waals surface area contributed by atoms with Crippen LogP contribution in [0.3, 0.4) is 0 Å². The second-order valence-corrected chi connectivity index (χ2v) is 6.20. The standard InChI is InChI=1S/C13H16OS2/c1-15-12-7-10(14)8-13(9-12)16-11-5-3-2-4-6-11/h2-7,10,13-14H,8-9H2,1H3/t10-,13-/m1/s1. The number of thioether (sulfide) groups is 2. The van der Waals surface area contributed by atoms with E-state index in [1.54, 1.807) is 11.8 Å². The Morgan fingerprint density at radius 2 is 2.00 bits per heavy atom. The lowest BCUT2D eigenvalue weighted by Crippen LogP contribution is -2.19. The molecule has 1 aromatic carbocycles. The Labute approximate surface area is 105 Å². The first kappa shape index (κ1) is 12.1. The number of hydrogen-bond donors (Lipinski definition) is 1. The molecule has 16 heavy (non-hydrogen) atoms. The molecule has 1 aliphatic rings. The van der Waals surface area contributed by atoms with Crippen LogP contribution in [0.1, 0.15) is 12.8 Å². The van der Waals surface area contributed by atoms with Gasteiger partial charge in [0.25, 0.3) is 0 Å². The van der Waals surface area contributed by atoms with Gasteiger partial charge < -0.3 is 5.11 Å². The van der Waals surface area contributed by atoms with Gasteiger partial charge in [-0.15, -0.1) is 23.5 Å². The molecule has 1 aromatic rings. The summed E-state index contributed by atoms with van der Waals surface area (Å²) in [5, 5.41) is 10.3. The minimum atomic E-state index is -0.266. The zero-order chi connectivity index (χ0) is 11.4. The topological polar surface area (TPSA) is 20.2 Å². The molecule has 0 saturated carbocycles. The third kappa shape index (κ3) is 3.30. The number of aliphatic hydroxyl groups is 1. The first-order valence-electron chi connectivity index (χ1n) is 5.42. The van der Waals surface area contributed by atoms with Gasteiger partial charge in [-0.25, -0.2) is 0 Å². The number of allylic oxidation sites excluding steroid dienone is 1. The van der Waals surface area contributed by atoms with Crippen molar-refractivity contribution >= 4 is 23.5 Å². The summed E-state index contributed by atoms with van der Waals surface area (Å²) in [6, 6.07) is 10.4. The van der Waals surface area contributed by atoms with Crippen LogP contribution in [0.2, 0.25) is 0 Å². The highest BCUT2D eigenvalue weighted by molar-refractivity contribution is 8.02. The average Bonchev–Trinajstić information content (AvgIpc) is 2.29. The second-order valence-electron chi connectivity index (χ2n) is 3.90. The van der Waals surface area contributed by atoms with E-state index in [1.807, 2.05) is 23.9 Å². The van der Waals surface area contributed by atoms with Gasteiger partial charge in [0.1, 0.15) is 0 Å². The van der Waals surface area contributed by atoms with Crippen molar-refractivity contribution < 1.29 is 5.11 Å². The Bertz CT molecular complexity index is 361. The van der Waals surface area contributed by atoms with Gasteiger partial charge in [-0.2, -0.15) is 0 Å². The molecule has 0 heterocycles. The Kier molecular flexibility index (Phi) is 4.38. The number of rotatable bonds is 3. The highest BCUT2D eigenvalue weighted by Crippen LogP contribution is 2.36. The maximum absolute atomic E-state index is 9.76. The molecule has 0 aromatic heterocycles. The molecule has 0 aliphatic heterocycles. The van der Waals surface area contributed by atoms with Crippen LogP contribution in [0.4, 0.5) is 0 Å². The van der Waals surface area contributed by atoms with Gasteiger partial charge in [-0.1, -0.05) is 18.2 Å². The molecule has 0 amide bonds. The molecule has 1 aliphatic carbocycles. The summed E-state index contributed by atoms with van der Waals surface area (Å²) in [6.45, 7) is 0. The molecule has 86 valence electrons. The first-order valence-corrected chi connectivity index (χ1v) is 7.53. The SMILES string of the molecule is CSC1=C[C@@H](O)C[C@@H](Sc2ccccc2)C1. The van der Waals surface area contributed by atoms with Crippen molar-refractivity contribution in [2.75, 3.05) is 6.26 Å². The summed E-state index contributed by atoms with van der Waals surface area (Å²) in [6.07, 6.45) is 5.75. The van der Waals surface area contributed by atoms with Crippen molar-refractivity contribution in [3.05, 3.63) is 41.3 Å². The fourth-order valence-corrected chi connectivity index (χ4v) is 3.88. The van der Waals surface area contributed by atoms with Crippen molar-refractivity contribution in [1.82, 2.24) is 0 Å². The summed E-state index contributed by atoms with van der Waals surface area (Å²) >= 11 is 3.62. The summed E-state index contributed by atoms with van der Waals surface area (Å²) in [5.74, 6) is 0. The van der Waals surface area contributed by atoms with Crippen LogP contribution in [-0.4, -0.2) is 22.7 Å². The van der Waals surface area contributed by atoms with Gasteiger partial charge >= 0.3 is 0 Å². The van der Waals surface area contributed by atoms with Gasteiger partial charge in [-0.3, -0.25) is 0 Å². The van der Waals surface area contributed by atoms with Gasteiger partial charge in [0.05, 0.1) is 6.10 Å². The molecule has 0 spiro atoms. The zero-order valence-electron chi connectivity index (χ0n) is 9.30. The lowest BCUT2D eigenvalue weighted by molar-refractivity contribution is 0.206. The maximum Gasteiger partial charge on any atom is 0.0742 e. The molecule has 2 atom stereocenters. The molecule has 0 radical (unpaired) electrons. The van der Waals surface area contributed by atoms with E-state index < -0.39 is 0 Å². The average molecular weight is 252 g/mol. The summed E-state index contributed by atoms with van der Waals surface area (Å²) < 4.78 is 0. The third-order valence-electron chi connectivity index (χ3n) is 2.62. The largest absolute Gasteiger partial charge is 0.389 e. The van der Waals surface area contributed by atoms with Crippen LogP contribution in [0.25, 0.3) is 0 Å². The molecule has 0 bridgehead atoms. The van der Waals surface area contributed by atoms with E-state index >= 15 is 0 Å². The Balaban J connectivity index is 1.99. The lowest BCUT2D eigenvalue weighted by Gasteiger charge is -2.24. The fourth-order valence-electron chi connectivity index (χ4n) is 1.86. The highest BCUT2D eigenvalue weighted by atomic mass is 32.2. The zero-order valence-corrected chi connectivity index (χ0v) is 10.9. The Hall–Kier alpha value is -0.380. The fraction of sp³-hybridized carbons (Fsp3) is 0.385. The lowest BCUT2D eigenvalue weighted by atomic mass is 10.0. The van der Waals surface area contributed by atoms with Crippen LogP contribution in [0, 0.1) is 0 Å². The Morgan fingerprint density at radius 3 is 2.69 bits per heavy atom. The number of aliphatic hydroxyl groups excluding tert-OH is 1. The molecule has 0 saturated heterocycles. The molecule has 0 fully saturated rings. The van der Waals surface area contributed by atoms with E-state index in [9.17, 15) is 5.11 Å². The van der Waals surface area contributed by atoms with E-state index in [2.05, 4.69) is 30.5 Å². The maximum atomic E-state index is 9.76. The van der Waals surface area contributed by atoms with Crippen molar-refractivity contribution in [2.45, 2.75) is 29.1 Å². The number of hydrogen-bond acceptors (Lipinski definition) is 3. The molecule has 1 N–H and O–H groups in total. The van der Waals surface area contributed by atoms with Gasteiger partial charge in [0.15, 0.2) is 0 Å². The highest BCUT2D eigenvalue weighted by Gasteiger charge is 2.21. The smallest absolute Gasteiger partial charge is 0.0742 e. The van der Waals surface area contributed by atoms with Crippen LogP contribution in [0.15, 0.2) is 46.2 Å². The summed E-state index contributed by atoms with van der Waals surface area (Å²) in [7, 11) is 0. The molecular weight excluding hydrogens is 236 g/mol. The minimum absolute atomic E-state index is 0.266. The molecule has 1 nitrogen and oxygen atoms in total. The van der Waals surface area contributed by atoms with Crippen LogP contribution >= 0.6 is 23.5 Å². The summed E-state index contributed by atoms with van der Waals surface area (Å²) in [4.78, 5) is 2.61. The van der Waals surface area contributed by atoms with Gasteiger partial charge in [0, 0.05) is 10.1 Å². The predicted octanol–water partition coefficient (Wildman–Crippen LogP) is 3.55. The van der Waals surface area contributed by atoms with Crippen LogP contribution in [-0.2, 0) is 0 Å². The van der Waals surface area contributed by atoms with E-state index in [4.69, 9.17) is 0 Å². The molecule has 2 rings (SSSR count). The van der Waals surface area contributed by atoms with Crippen molar-refractivity contribution in [2.24, 2.45) is 0 Å². The quantitative estimate of drug-likeness (QED) is 0.888. The van der Waals surface area contributed by atoms with E-state index in [-0.39, 0.29) is 6.10 Å². The van der Waals surface area contributed by atoms with Gasteiger partial charge in [0.2, 0.25) is 0 Å². The third-order valence-corrected chi connectivity index (χ3v) is 4.68. The van der Waals surface area contributed by atoms with E-state index in [1.165, 1.54) is 9.80 Å². The Morgan fingerprint density at radius 1 is 1.25 bits per heavy atom. The molecular formula is C13H16OS2. The molecule has 0 unspecified atom stereocenters. The summed E-state index contributed by atoms with van der Waals surface area (Å²) in [5.41, 5.74) is 0. The van der Waals surface area contributed by atoms with Crippen LogP contribution < -0.4 is 0 Å². The molecule has 3 heteroatoms. The van der Waals surface area contributed by atoms with Crippen molar-refractivity contribution in [1.29, 1.82) is 0 Å². The first-order chi connectivity index (χ1) is 7.78. The second kappa shape index (κ2) is 5.80. The normalized spacial score (nSPS) is 25.2. The predicted molar refractivity (Wildman–Crippen MR) is 72.9 cm³/mol.